The van der Waals surface area contributed by atoms with Crippen LogP contribution in [-0.2, 0) is 16.3 Å². The van der Waals surface area contributed by atoms with Crippen molar-refractivity contribution in [3.8, 4) is 6.07 Å². The molecule has 5 heteroatoms. The second-order valence-corrected chi connectivity index (χ2v) is 3.19. The predicted octanol–water partition coefficient (Wildman–Crippen LogP) is 1.72. The van der Waals surface area contributed by atoms with Crippen molar-refractivity contribution >= 4 is 12.0 Å². The minimum atomic E-state index is -0.276. The van der Waals surface area contributed by atoms with Gasteiger partial charge in [-0.2, -0.15) is 10.4 Å². The molecule has 0 aromatic carbocycles. The first-order valence-electron chi connectivity index (χ1n) is 4.93. The summed E-state index contributed by atoms with van der Waals surface area (Å²) in [5, 5.41) is 12.6. The summed E-state index contributed by atoms with van der Waals surface area (Å²) in [6, 6.07) is 3.77. The van der Waals surface area contributed by atoms with Crippen molar-refractivity contribution in [1.82, 2.24) is 9.78 Å². The number of carbonyl (C=O) groups excluding carboxylic acids is 1. The van der Waals surface area contributed by atoms with E-state index in [0.29, 0.717) is 12.0 Å². The highest BCUT2D eigenvalue weighted by Crippen LogP contribution is 2.06. The van der Waals surface area contributed by atoms with Gasteiger partial charge in [0, 0.05) is 18.2 Å². The normalized spacial score (nSPS) is 10.9. The number of ether oxygens (including phenoxy) is 1. The van der Waals surface area contributed by atoms with E-state index in [-0.39, 0.29) is 12.7 Å². The van der Waals surface area contributed by atoms with Crippen LogP contribution in [0.15, 0.2) is 17.8 Å². The van der Waals surface area contributed by atoms with E-state index in [1.54, 1.807) is 32.2 Å². The van der Waals surface area contributed by atoms with E-state index in [2.05, 4.69) is 5.10 Å². The zero-order chi connectivity index (χ0) is 12.0. The Balaban J connectivity index is 2.72. The Morgan fingerprint density at radius 2 is 2.50 bits per heavy atom. The Morgan fingerprint density at radius 1 is 1.75 bits per heavy atom. The molecule has 1 aromatic heterocycles. The maximum atomic E-state index is 11.0. The summed E-state index contributed by atoms with van der Waals surface area (Å²) in [5.74, 6) is -0.276. The molecule has 0 spiro atoms. The van der Waals surface area contributed by atoms with Gasteiger partial charge in [0.05, 0.1) is 11.8 Å². The average molecular weight is 219 g/mol. The number of aromatic nitrogens is 2. The first-order chi connectivity index (χ1) is 7.67. The molecule has 1 aromatic rings. The lowest BCUT2D eigenvalue weighted by Crippen LogP contribution is -2.10. The first kappa shape index (κ1) is 12.0. The molecule has 5 nitrogen and oxygen atoms in total. The van der Waals surface area contributed by atoms with Crippen LogP contribution in [0.1, 0.15) is 26.0 Å². The summed E-state index contributed by atoms with van der Waals surface area (Å²) in [6.07, 6.45) is 3.62. The fourth-order valence-electron chi connectivity index (χ4n) is 1.06. The van der Waals surface area contributed by atoms with Gasteiger partial charge in [0.1, 0.15) is 0 Å². The van der Waals surface area contributed by atoms with E-state index in [9.17, 15) is 4.79 Å². The van der Waals surface area contributed by atoms with Crippen molar-refractivity contribution in [3.05, 3.63) is 23.5 Å². The third-order valence-corrected chi connectivity index (χ3v) is 1.93. The number of rotatable bonds is 4. The van der Waals surface area contributed by atoms with Crippen molar-refractivity contribution in [2.45, 2.75) is 27.0 Å². The molecule has 0 bridgehead atoms. The zero-order valence-electron chi connectivity index (χ0n) is 9.30. The molecule has 0 aliphatic carbocycles. The second-order valence-electron chi connectivity index (χ2n) is 3.19. The van der Waals surface area contributed by atoms with Crippen LogP contribution >= 0.6 is 0 Å². The molecule has 0 saturated heterocycles. The summed E-state index contributed by atoms with van der Waals surface area (Å²) in [4.78, 5) is 11.0. The molecule has 84 valence electrons. The number of esters is 1. The third kappa shape index (κ3) is 3.24. The molecule has 0 aliphatic rings. The molecule has 0 radical (unpaired) electrons. The third-order valence-electron chi connectivity index (χ3n) is 1.93. The van der Waals surface area contributed by atoms with E-state index in [1.807, 2.05) is 6.07 Å². The van der Waals surface area contributed by atoms with Gasteiger partial charge < -0.3 is 4.74 Å². The molecule has 0 fully saturated rings. The number of nitrogens with zero attached hydrogens (tertiary/aromatic N) is 3. The predicted molar refractivity (Wildman–Crippen MR) is 57.9 cm³/mol. The van der Waals surface area contributed by atoms with Crippen LogP contribution in [0.5, 0.6) is 0 Å². The fourth-order valence-corrected chi connectivity index (χ4v) is 1.06. The maximum absolute atomic E-state index is 11.0. The summed E-state index contributed by atoms with van der Waals surface area (Å²) in [7, 11) is 0. The van der Waals surface area contributed by atoms with Crippen molar-refractivity contribution < 1.29 is 9.53 Å². The maximum Gasteiger partial charge on any atom is 0.307 e. The molecule has 16 heavy (non-hydrogen) atoms. The van der Waals surface area contributed by atoms with E-state index in [4.69, 9.17) is 10.00 Å². The van der Waals surface area contributed by atoms with Crippen LogP contribution < -0.4 is 0 Å². The Labute approximate surface area is 93.9 Å². The van der Waals surface area contributed by atoms with Crippen LogP contribution in [0.4, 0.5) is 0 Å². The highest BCUT2D eigenvalue weighted by Gasteiger charge is 2.03. The summed E-state index contributed by atoms with van der Waals surface area (Å²) in [5.41, 5.74) is 1.31. The van der Waals surface area contributed by atoms with Crippen molar-refractivity contribution in [2.75, 3.05) is 0 Å². The van der Waals surface area contributed by atoms with Gasteiger partial charge in [0.15, 0.2) is 6.73 Å². The molecule has 0 amide bonds. The van der Waals surface area contributed by atoms with Crippen molar-refractivity contribution in [3.63, 3.8) is 0 Å². The summed E-state index contributed by atoms with van der Waals surface area (Å²) in [6.45, 7) is 3.51. The Kier molecular flexibility index (Phi) is 4.28. The molecule has 1 rings (SSSR count). The average Bonchev–Trinajstić information content (AvgIpc) is 2.73. The van der Waals surface area contributed by atoms with Gasteiger partial charge in [-0.15, -0.1) is 0 Å². The molecule has 0 aliphatic heterocycles. The van der Waals surface area contributed by atoms with E-state index in [0.717, 1.165) is 5.69 Å². The van der Waals surface area contributed by atoms with Crippen molar-refractivity contribution in [2.24, 2.45) is 0 Å². The monoisotopic (exact) mass is 219 g/mol. The highest BCUT2D eigenvalue weighted by atomic mass is 16.5. The summed E-state index contributed by atoms with van der Waals surface area (Å²) < 4.78 is 6.46. The molecule has 0 saturated carbocycles. The van der Waals surface area contributed by atoms with Crippen LogP contribution in [-0.4, -0.2) is 15.7 Å². The second kappa shape index (κ2) is 5.71. The van der Waals surface area contributed by atoms with E-state index >= 15 is 0 Å². The number of hydrogen-bond donors (Lipinski definition) is 0. The Hall–Kier alpha value is -2.09. The van der Waals surface area contributed by atoms with Gasteiger partial charge in [-0.25, -0.2) is 4.68 Å². The van der Waals surface area contributed by atoms with Crippen LogP contribution in [0.2, 0.25) is 0 Å². The van der Waals surface area contributed by atoms with Crippen LogP contribution in [0, 0.1) is 11.3 Å². The number of carbonyl (C=O) groups is 1. The fraction of sp³-hybridized carbons (Fsp3) is 0.364. The lowest BCUT2D eigenvalue weighted by atomic mass is 10.2. The smallest absolute Gasteiger partial charge is 0.307 e. The molecule has 0 unspecified atom stereocenters. The first-order valence-corrected chi connectivity index (χ1v) is 4.93. The molecule has 0 N–H and O–H groups in total. The van der Waals surface area contributed by atoms with Gasteiger partial charge in [0.25, 0.3) is 0 Å². The van der Waals surface area contributed by atoms with Gasteiger partial charge >= 0.3 is 5.97 Å². The Bertz CT molecular complexity index is 440. The highest BCUT2D eigenvalue weighted by molar-refractivity contribution is 5.68. The largest absolute Gasteiger partial charge is 0.442 e. The minimum Gasteiger partial charge on any atom is -0.442 e. The molecular weight excluding hydrogens is 206 g/mol. The van der Waals surface area contributed by atoms with E-state index in [1.165, 1.54) is 4.68 Å². The van der Waals surface area contributed by atoms with Gasteiger partial charge in [-0.05, 0) is 19.1 Å². The summed E-state index contributed by atoms with van der Waals surface area (Å²) >= 11 is 0. The SMILES string of the molecule is CCC(=O)OCn1nccc1C=C(C)C#N. The Morgan fingerprint density at radius 3 is 3.12 bits per heavy atom. The van der Waals surface area contributed by atoms with Gasteiger partial charge in [0.2, 0.25) is 0 Å². The zero-order valence-corrected chi connectivity index (χ0v) is 9.30. The van der Waals surface area contributed by atoms with Crippen LogP contribution in [0.25, 0.3) is 6.08 Å². The number of nitriles is 1. The quantitative estimate of drug-likeness (QED) is 0.571. The topological polar surface area (TPSA) is 67.9 Å². The lowest BCUT2D eigenvalue weighted by molar-refractivity contribution is -0.147. The van der Waals surface area contributed by atoms with Crippen LogP contribution in [0.3, 0.4) is 0 Å². The van der Waals surface area contributed by atoms with Crippen molar-refractivity contribution in [1.29, 1.82) is 5.26 Å². The van der Waals surface area contributed by atoms with E-state index < -0.39 is 0 Å². The molecule has 1 heterocycles. The standard InChI is InChI=1S/C11H13N3O2/c1-3-11(15)16-8-14-10(4-5-13-14)6-9(2)7-12/h4-6H,3,8H2,1-2H3. The van der Waals surface area contributed by atoms with Gasteiger partial charge in [-0.3, -0.25) is 4.79 Å². The number of hydrogen-bond acceptors (Lipinski definition) is 4. The van der Waals surface area contributed by atoms with Gasteiger partial charge in [-0.1, -0.05) is 6.92 Å². The molecular formula is C11H13N3O2. The lowest BCUT2D eigenvalue weighted by Gasteiger charge is -2.05. The minimum absolute atomic E-state index is 0.0736. The molecule has 0 atom stereocenters. The number of allylic oxidation sites excluding steroid dienone is 1.